The van der Waals surface area contributed by atoms with Crippen molar-refractivity contribution in [2.45, 2.75) is 19.9 Å². The minimum absolute atomic E-state index is 0.0324. The van der Waals surface area contributed by atoms with E-state index in [0.29, 0.717) is 25.6 Å². The Balaban J connectivity index is 1.28. The Labute approximate surface area is 177 Å². The SMILES string of the molecule is CCN(Cc1ccc2c(c1)OCO2)C(=O)NCC1CCN(c2cccc(OC)c2)C1. The number of ether oxygens (including phenoxy) is 3. The third-order valence-electron chi connectivity index (χ3n) is 5.73. The Bertz CT molecular complexity index is 889. The second kappa shape index (κ2) is 9.15. The predicted octanol–water partition coefficient (Wildman–Crippen LogP) is 3.48. The summed E-state index contributed by atoms with van der Waals surface area (Å²) >= 11 is 0. The molecule has 1 N–H and O–H groups in total. The number of anilines is 1. The summed E-state index contributed by atoms with van der Waals surface area (Å²) in [6, 6.07) is 13.9. The molecule has 2 aromatic carbocycles. The third-order valence-corrected chi connectivity index (χ3v) is 5.73. The van der Waals surface area contributed by atoms with Crippen LogP contribution in [0.3, 0.4) is 0 Å². The van der Waals surface area contributed by atoms with Crippen LogP contribution in [-0.4, -0.2) is 51.0 Å². The number of nitrogens with zero attached hydrogens (tertiary/aromatic N) is 2. The Morgan fingerprint density at radius 2 is 2.10 bits per heavy atom. The zero-order valence-electron chi connectivity index (χ0n) is 17.6. The number of methoxy groups -OCH3 is 1. The number of carbonyl (C=O) groups excluding carboxylic acids is 1. The lowest BCUT2D eigenvalue weighted by Gasteiger charge is -2.23. The summed E-state index contributed by atoms with van der Waals surface area (Å²) in [6.07, 6.45) is 1.06. The number of nitrogens with one attached hydrogen (secondary N) is 1. The number of hydrogen-bond acceptors (Lipinski definition) is 5. The van der Waals surface area contributed by atoms with Gasteiger partial charge in [-0.25, -0.2) is 4.79 Å². The van der Waals surface area contributed by atoms with Gasteiger partial charge in [-0.05, 0) is 49.1 Å². The van der Waals surface area contributed by atoms with Gasteiger partial charge in [0.2, 0.25) is 6.79 Å². The Kier molecular flexibility index (Phi) is 6.16. The fraction of sp³-hybridized carbons (Fsp3) is 0.435. The van der Waals surface area contributed by atoms with Gasteiger partial charge in [0.15, 0.2) is 11.5 Å². The monoisotopic (exact) mass is 411 g/mol. The lowest BCUT2D eigenvalue weighted by Crippen LogP contribution is -2.41. The number of rotatable bonds is 7. The molecule has 2 aromatic rings. The van der Waals surface area contributed by atoms with Crippen LogP contribution in [0.2, 0.25) is 0 Å². The van der Waals surface area contributed by atoms with Gasteiger partial charge in [-0.1, -0.05) is 12.1 Å². The molecule has 0 bridgehead atoms. The molecule has 160 valence electrons. The lowest BCUT2D eigenvalue weighted by molar-refractivity contribution is 0.173. The molecule has 0 saturated carbocycles. The fourth-order valence-electron chi connectivity index (χ4n) is 3.97. The molecule has 4 rings (SSSR count). The molecule has 1 unspecified atom stereocenters. The maximum absolute atomic E-state index is 12.7. The van der Waals surface area contributed by atoms with E-state index in [-0.39, 0.29) is 12.8 Å². The van der Waals surface area contributed by atoms with E-state index in [9.17, 15) is 4.79 Å². The molecule has 2 aliphatic heterocycles. The van der Waals surface area contributed by atoms with Gasteiger partial charge < -0.3 is 29.3 Å². The Morgan fingerprint density at radius 3 is 2.93 bits per heavy atom. The van der Waals surface area contributed by atoms with Crippen molar-refractivity contribution in [3.63, 3.8) is 0 Å². The summed E-state index contributed by atoms with van der Waals surface area (Å²) < 4.78 is 16.1. The maximum atomic E-state index is 12.7. The lowest BCUT2D eigenvalue weighted by atomic mass is 10.1. The first-order chi connectivity index (χ1) is 14.7. The maximum Gasteiger partial charge on any atom is 0.317 e. The number of benzene rings is 2. The van der Waals surface area contributed by atoms with E-state index in [1.54, 1.807) is 7.11 Å². The zero-order chi connectivity index (χ0) is 20.9. The summed E-state index contributed by atoms with van der Waals surface area (Å²) in [5, 5.41) is 3.12. The van der Waals surface area contributed by atoms with E-state index in [1.165, 1.54) is 5.69 Å². The molecule has 30 heavy (non-hydrogen) atoms. The van der Waals surface area contributed by atoms with Crippen LogP contribution in [0.15, 0.2) is 42.5 Å². The first-order valence-corrected chi connectivity index (χ1v) is 10.5. The highest BCUT2D eigenvalue weighted by Crippen LogP contribution is 2.33. The van der Waals surface area contributed by atoms with Crippen molar-refractivity contribution in [3.8, 4) is 17.2 Å². The molecule has 2 amide bonds. The molecule has 1 fully saturated rings. The van der Waals surface area contributed by atoms with Crippen molar-refractivity contribution < 1.29 is 19.0 Å². The summed E-state index contributed by atoms with van der Waals surface area (Å²) in [5.41, 5.74) is 2.20. The first-order valence-electron chi connectivity index (χ1n) is 10.5. The first kappa shape index (κ1) is 20.2. The van der Waals surface area contributed by atoms with Crippen molar-refractivity contribution in [1.82, 2.24) is 10.2 Å². The molecule has 0 spiro atoms. The standard InChI is InChI=1S/C23H29N3O4/c1-3-25(14-17-7-8-21-22(11-17)30-16-29-21)23(27)24-13-18-9-10-26(15-18)19-5-4-6-20(12-19)28-2/h4-8,11-12,18H,3,9-10,13-16H2,1-2H3,(H,24,27). The molecular weight excluding hydrogens is 382 g/mol. The number of fused-ring (bicyclic) bond motifs is 1. The molecule has 0 aromatic heterocycles. The van der Waals surface area contributed by atoms with Crippen LogP contribution in [0.5, 0.6) is 17.2 Å². The number of hydrogen-bond donors (Lipinski definition) is 1. The van der Waals surface area contributed by atoms with Gasteiger partial charge in [-0.2, -0.15) is 0 Å². The summed E-state index contributed by atoms with van der Waals surface area (Å²) in [6.45, 7) is 6.03. The van der Waals surface area contributed by atoms with Crippen LogP contribution in [-0.2, 0) is 6.54 Å². The van der Waals surface area contributed by atoms with Crippen molar-refractivity contribution >= 4 is 11.7 Å². The number of urea groups is 1. The highest BCUT2D eigenvalue weighted by Gasteiger charge is 2.24. The smallest absolute Gasteiger partial charge is 0.317 e. The molecule has 2 heterocycles. The predicted molar refractivity (Wildman–Crippen MR) is 115 cm³/mol. The molecule has 1 atom stereocenters. The Hall–Kier alpha value is -3.09. The Morgan fingerprint density at radius 1 is 1.23 bits per heavy atom. The van der Waals surface area contributed by atoms with E-state index in [4.69, 9.17) is 14.2 Å². The molecule has 7 nitrogen and oxygen atoms in total. The minimum Gasteiger partial charge on any atom is -0.497 e. The normalized spacial score (nSPS) is 17.1. The largest absolute Gasteiger partial charge is 0.497 e. The highest BCUT2D eigenvalue weighted by atomic mass is 16.7. The topological polar surface area (TPSA) is 63.3 Å². The van der Waals surface area contributed by atoms with E-state index in [0.717, 1.165) is 42.3 Å². The van der Waals surface area contributed by atoms with E-state index >= 15 is 0 Å². The second-order valence-corrected chi connectivity index (χ2v) is 7.69. The van der Waals surface area contributed by atoms with Gasteiger partial charge >= 0.3 is 6.03 Å². The van der Waals surface area contributed by atoms with Crippen molar-refractivity contribution in [1.29, 1.82) is 0 Å². The molecular formula is C23H29N3O4. The van der Waals surface area contributed by atoms with Crippen LogP contribution in [0.1, 0.15) is 18.9 Å². The average molecular weight is 412 g/mol. The minimum atomic E-state index is -0.0324. The quantitative estimate of drug-likeness (QED) is 0.756. The second-order valence-electron chi connectivity index (χ2n) is 7.69. The summed E-state index contributed by atoms with van der Waals surface area (Å²) in [5.74, 6) is 2.80. The van der Waals surface area contributed by atoms with Gasteiger partial charge in [0.25, 0.3) is 0 Å². The molecule has 7 heteroatoms. The zero-order valence-corrected chi connectivity index (χ0v) is 17.6. The van der Waals surface area contributed by atoms with E-state index in [2.05, 4.69) is 22.3 Å². The number of amides is 2. The van der Waals surface area contributed by atoms with Crippen LogP contribution >= 0.6 is 0 Å². The molecule has 1 saturated heterocycles. The van der Waals surface area contributed by atoms with Crippen LogP contribution < -0.4 is 24.4 Å². The average Bonchev–Trinajstić information content (AvgIpc) is 3.45. The van der Waals surface area contributed by atoms with Gasteiger partial charge in [-0.15, -0.1) is 0 Å². The number of carbonyl (C=O) groups is 1. The third kappa shape index (κ3) is 4.56. The van der Waals surface area contributed by atoms with E-state index in [1.807, 2.05) is 42.2 Å². The molecule has 2 aliphatic rings. The molecule has 0 aliphatic carbocycles. The summed E-state index contributed by atoms with van der Waals surface area (Å²) in [4.78, 5) is 16.9. The van der Waals surface area contributed by atoms with Crippen molar-refractivity contribution in [3.05, 3.63) is 48.0 Å². The van der Waals surface area contributed by atoms with Crippen LogP contribution in [0.25, 0.3) is 0 Å². The van der Waals surface area contributed by atoms with Gasteiger partial charge in [0.1, 0.15) is 5.75 Å². The van der Waals surface area contributed by atoms with Gasteiger partial charge in [0.05, 0.1) is 7.11 Å². The summed E-state index contributed by atoms with van der Waals surface area (Å²) in [7, 11) is 1.69. The van der Waals surface area contributed by atoms with E-state index < -0.39 is 0 Å². The van der Waals surface area contributed by atoms with Gasteiger partial charge in [-0.3, -0.25) is 0 Å². The van der Waals surface area contributed by atoms with Crippen LogP contribution in [0, 0.1) is 5.92 Å². The van der Waals surface area contributed by atoms with Crippen molar-refractivity contribution in [2.24, 2.45) is 5.92 Å². The van der Waals surface area contributed by atoms with Gasteiger partial charge in [0, 0.05) is 44.5 Å². The van der Waals surface area contributed by atoms with Crippen LogP contribution in [0.4, 0.5) is 10.5 Å². The highest BCUT2D eigenvalue weighted by molar-refractivity contribution is 5.74. The fourth-order valence-corrected chi connectivity index (χ4v) is 3.97. The molecule has 0 radical (unpaired) electrons. The van der Waals surface area contributed by atoms with Crippen molar-refractivity contribution in [2.75, 3.05) is 45.0 Å².